The molecule has 0 saturated carbocycles. The molecule has 0 aliphatic carbocycles. The van der Waals surface area contributed by atoms with E-state index in [4.69, 9.17) is 21.9 Å². The zero-order valence-corrected chi connectivity index (χ0v) is 10.7. The van der Waals surface area contributed by atoms with E-state index in [0.717, 1.165) is 4.88 Å². The maximum atomic E-state index is 6.10. The van der Waals surface area contributed by atoms with Crippen LogP contribution in [0.15, 0.2) is 40.2 Å². The number of thiophene rings is 1. The van der Waals surface area contributed by atoms with Gasteiger partial charge in [-0.2, -0.15) is 4.98 Å². The molecule has 3 rings (SSSR count). The van der Waals surface area contributed by atoms with E-state index in [1.165, 1.54) is 0 Å². The van der Waals surface area contributed by atoms with Crippen molar-refractivity contribution in [3.05, 3.63) is 40.7 Å². The van der Waals surface area contributed by atoms with Crippen molar-refractivity contribution in [1.82, 2.24) is 10.1 Å². The lowest BCUT2D eigenvalue weighted by atomic mass is 10.2. The second-order valence-corrected chi connectivity index (χ2v) is 4.99. The van der Waals surface area contributed by atoms with Gasteiger partial charge in [0.05, 0.1) is 9.90 Å². The molecule has 0 atom stereocenters. The SMILES string of the molecule is Nc1ccc(-c2noc(-c3cccs3)n2)c(Cl)c1. The van der Waals surface area contributed by atoms with Gasteiger partial charge in [0.2, 0.25) is 5.82 Å². The molecule has 2 heterocycles. The van der Waals surface area contributed by atoms with Gasteiger partial charge in [0.25, 0.3) is 5.89 Å². The first kappa shape index (κ1) is 11.3. The van der Waals surface area contributed by atoms with Gasteiger partial charge < -0.3 is 10.3 Å². The summed E-state index contributed by atoms with van der Waals surface area (Å²) in [5.74, 6) is 0.955. The van der Waals surface area contributed by atoms with Gasteiger partial charge in [-0.3, -0.25) is 0 Å². The van der Waals surface area contributed by atoms with E-state index in [1.807, 2.05) is 17.5 Å². The van der Waals surface area contributed by atoms with E-state index in [9.17, 15) is 0 Å². The summed E-state index contributed by atoms with van der Waals surface area (Å²) in [6.45, 7) is 0. The number of anilines is 1. The minimum atomic E-state index is 0.461. The van der Waals surface area contributed by atoms with E-state index in [2.05, 4.69) is 10.1 Å². The summed E-state index contributed by atoms with van der Waals surface area (Å²) in [5, 5.41) is 6.39. The highest BCUT2D eigenvalue weighted by atomic mass is 35.5. The number of aromatic nitrogens is 2. The van der Waals surface area contributed by atoms with Crippen LogP contribution in [0.4, 0.5) is 5.69 Å². The minimum Gasteiger partial charge on any atom is -0.399 e. The van der Waals surface area contributed by atoms with Crippen molar-refractivity contribution in [2.45, 2.75) is 0 Å². The van der Waals surface area contributed by atoms with Crippen LogP contribution in [0, 0.1) is 0 Å². The van der Waals surface area contributed by atoms with Crippen molar-refractivity contribution < 1.29 is 4.52 Å². The van der Waals surface area contributed by atoms with E-state index in [0.29, 0.717) is 28.0 Å². The molecule has 0 saturated heterocycles. The Bertz CT molecular complexity index is 678. The van der Waals surface area contributed by atoms with Crippen LogP contribution in [-0.2, 0) is 0 Å². The first-order chi connectivity index (χ1) is 8.74. The molecule has 0 spiro atoms. The fourth-order valence-corrected chi connectivity index (χ4v) is 2.46. The van der Waals surface area contributed by atoms with Gasteiger partial charge in [0, 0.05) is 11.3 Å². The third-order valence-electron chi connectivity index (χ3n) is 2.39. The molecule has 18 heavy (non-hydrogen) atoms. The molecular weight excluding hydrogens is 270 g/mol. The highest BCUT2D eigenvalue weighted by molar-refractivity contribution is 7.13. The van der Waals surface area contributed by atoms with Crippen LogP contribution in [0.1, 0.15) is 0 Å². The van der Waals surface area contributed by atoms with Crippen LogP contribution in [0.3, 0.4) is 0 Å². The molecule has 0 amide bonds. The van der Waals surface area contributed by atoms with Gasteiger partial charge in [-0.25, -0.2) is 0 Å². The third kappa shape index (κ3) is 1.98. The summed E-state index contributed by atoms with van der Waals surface area (Å²) in [7, 11) is 0. The Kier molecular flexibility index (Phi) is 2.77. The fourth-order valence-electron chi connectivity index (χ4n) is 1.55. The van der Waals surface area contributed by atoms with Crippen molar-refractivity contribution in [3.8, 4) is 22.2 Å². The van der Waals surface area contributed by atoms with Gasteiger partial charge in [0.1, 0.15) is 0 Å². The number of rotatable bonds is 2. The predicted molar refractivity (Wildman–Crippen MR) is 72.5 cm³/mol. The van der Waals surface area contributed by atoms with Crippen molar-refractivity contribution in [1.29, 1.82) is 0 Å². The van der Waals surface area contributed by atoms with E-state index >= 15 is 0 Å². The molecule has 0 bridgehead atoms. The first-order valence-electron chi connectivity index (χ1n) is 5.17. The Balaban J connectivity index is 2.03. The highest BCUT2D eigenvalue weighted by Crippen LogP contribution is 2.30. The van der Waals surface area contributed by atoms with Crippen molar-refractivity contribution in [2.24, 2.45) is 0 Å². The average molecular weight is 278 g/mol. The average Bonchev–Trinajstić information content (AvgIpc) is 2.99. The van der Waals surface area contributed by atoms with Crippen LogP contribution in [-0.4, -0.2) is 10.1 Å². The van der Waals surface area contributed by atoms with Crippen molar-refractivity contribution in [2.75, 3.05) is 5.73 Å². The van der Waals surface area contributed by atoms with Crippen LogP contribution in [0.2, 0.25) is 5.02 Å². The summed E-state index contributed by atoms with van der Waals surface area (Å²) in [6, 6.07) is 9.05. The zero-order chi connectivity index (χ0) is 12.5. The molecule has 0 unspecified atom stereocenters. The molecule has 0 aliphatic heterocycles. The zero-order valence-electron chi connectivity index (χ0n) is 9.13. The second-order valence-electron chi connectivity index (χ2n) is 3.64. The highest BCUT2D eigenvalue weighted by Gasteiger charge is 2.13. The van der Waals surface area contributed by atoms with Crippen LogP contribution in [0.25, 0.3) is 22.2 Å². The second kappa shape index (κ2) is 4.44. The number of benzene rings is 1. The molecule has 3 aromatic rings. The van der Waals surface area contributed by atoms with Gasteiger partial charge in [-0.05, 0) is 29.6 Å². The molecule has 0 radical (unpaired) electrons. The minimum absolute atomic E-state index is 0.461. The number of hydrogen-bond donors (Lipinski definition) is 1. The lowest BCUT2D eigenvalue weighted by Crippen LogP contribution is -1.87. The Morgan fingerprint density at radius 1 is 1.28 bits per heavy atom. The summed E-state index contributed by atoms with van der Waals surface area (Å²) in [6.07, 6.45) is 0. The Morgan fingerprint density at radius 3 is 2.89 bits per heavy atom. The number of halogens is 1. The van der Waals surface area contributed by atoms with E-state index in [1.54, 1.807) is 29.5 Å². The smallest absolute Gasteiger partial charge is 0.268 e. The van der Waals surface area contributed by atoms with Crippen LogP contribution < -0.4 is 5.73 Å². The molecule has 0 aliphatic rings. The lowest BCUT2D eigenvalue weighted by Gasteiger charge is -1.99. The molecule has 4 nitrogen and oxygen atoms in total. The van der Waals surface area contributed by atoms with Gasteiger partial charge >= 0.3 is 0 Å². The summed E-state index contributed by atoms with van der Waals surface area (Å²) < 4.78 is 5.21. The summed E-state index contributed by atoms with van der Waals surface area (Å²) >= 11 is 7.64. The monoisotopic (exact) mass is 277 g/mol. The fraction of sp³-hybridized carbons (Fsp3) is 0. The van der Waals surface area contributed by atoms with Gasteiger partial charge in [-0.1, -0.05) is 22.8 Å². The largest absolute Gasteiger partial charge is 0.399 e. The maximum absolute atomic E-state index is 6.10. The Hall–Kier alpha value is -1.85. The third-order valence-corrected chi connectivity index (χ3v) is 3.56. The van der Waals surface area contributed by atoms with Crippen LogP contribution >= 0.6 is 22.9 Å². The van der Waals surface area contributed by atoms with Crippen LogP contribution in [0.5, 0.6) is 0 Å². The quantitative estimate of drug-likeness (QED) is 0.725. The molecule has 2 aromatic heterocycles. The Morgan fingerprint density at radius 2 is 2.17 bits per heavy atom. The van der Waals surface area contributed by atoms with E-state index < -0.39 is 0 Å². The lowest BCUT2D eigenvalue weighted by molar-refractivity contribution is 0.433. The number of nitrogen functional groups attached to an aromatic ring is 1. The summed E-state index contributed by atoms with van der Waals surface area (Å²) in [5.41, 5.74) is 6.95. The molecule has 90 valence electrons. The normalized spacial score (nSPS) is 10.7. The van der Waals surface area contributed by atoms with E-state index in [-0.39, 0.29) is 0 Å². The van der Waals surface area contributed by atoms with Crippen molar-refractivity contribution in [3.63, 3.8) is 0 Å². The molecule has 6 heteroatoms. The Labute approximate surface area is 112 Å². The topological polar surface area (TPSA) is 64.9 Å². The standard InChI is InChI=1S/C12H8ClN3OS/c13-9-6-7(14)3-4-8(9)11-15-12(17-16-11)10-2-1-5-18-10/h1-6H,14H2. The number of hydrogen-bond acceptors (Lipinski definition) is 5. The van der Waals surface area contributed by atoms with Gasteiger partial charge in [0.15, 0.2) is 0 Å². The summed E-state index contributed by atoms with van der Waals surface area (Å²) in [4.78, 5) is 5.25. The predicted octanol–water partition coefficient (Wildman–Crippen LogP) is 3.70. The molecule has 2 N–H and O–H groups in total. The first-order valence-corrected chi connectivity index (χ1v) is 6.43. The van der Waals surface area contributed by atoms with Gasteiger partial charge in [-0.15, -0.1) is 11.3 Å². The number of nitrogens with zero attached hydrogens (tertiary/aromatic N) is 2. The molecule has 1 aromatic carbocycles. The number of nitrogens with two attached hydrogens (primary N) is 1. The maximum Gasteiger partial charge on any atom is 0.268 e. The molecular formula is C12H8ClN3OS. The van der Waals surface area contributed by atoms with Crippen molar-refractivity contribution >= 4 is 28.6 Å². The molecule has 0 fully saturated rings.